The lowest BCUT2D eigenvalue weighted by Crippen LogP contribution is -2.14. The number of hydrogen-bond acceptors (Lipinski definition) is 2. The minimum absolute atomic E-state index is 0.0735. The summed E-state index contributed by atoms with van der Waals surface area (Å²) in [7, 11) is 0. The van der Waals surface area contributed by atoms with Crippen LogP contribution in [-0.2, 0) is 12.8 Å². The molecule has 0 spiro atoms. The largest absolute Gasteiger partial charge is 0.310 e. The first-order valence-electron chi connectivity index (χ1n) is 6.36. The molecule has 1 aromatic heterocycles. The summed E-state index contributed by atoms with van der Waals surface area (Å²) in [6.07, 6.45) is 1.47. The van der Waals surface area contributed by atoms with Crippen LogP contribution in [0.4, 0.5) is 0 Å². The molecule has 0 aliphatic carbocycles. The maximum atomic E-state index is 11.6. The first-order chi connectivity index (χ1) is 9.02. The van der Waals surface area contributed by atoms with Crippen molar-refractivity contribution in [1.29, 1.82) is 0 Å². The highest BCUT2D eigenvalue weighted by molar-refractivity contribution is 9.10. The fraction of sp³-hybridized carbons (Fsp3) is 0.333. The van der Waals surface area contributed by atoms with E-state index in [2.05, 4.69) is 39.7 Å². The Balaban J connectivity index is 2.25. The lowest BCUT2D eigenvalue weighted by atomic mass is 10.1. The summed E-state index contributed by atoms with van der Waals surface area (Å²) in [6.45, 7) is 4.24. The zero-order valence-corrected chi connectivity index (χ0v) is 12.7. The second-order valence-electron chi connectivity index (χ2n) is 5.09. The van der Waals surface area contributed by atoms with E-state index >= 15 is 0 Å². The summed E-state index contributed by atoms with van der Waals surface area (Å²) in [6, 6.07) is 9.61. The quantitative estimate of drug-likeness (QED) is 0.939. The van der Waals surface area contributed by atoms with Crippen molar-refractivity contribution < 1.29 is 0 Å². The SMILES string of the molecule is CC(C)Cc1cc(=O)[nH]c(Cc2cccc(Br)c2)n1. The topological polar surface area (TPSA) is 45.8 Å². The van der Waals surface area contributed by atoms with E-state index in [1.807, 2.05) is 24.3 Å². The summed E-state index contributed by atoms with van der Waals surface area (Å²) in [5.74, 6) is 1.22. The minimum Gasteiger partial charge on any atom is -0.310 e. The van der Waals surface area contributed by atoms with Crippen LogP contribution >= 0.6 is 15.9 Å². The van der Waals surface area contributed by atoms with Gasteiger partial charge in [0.1, 0.15) is 5.82 Å². The average Bonchev–Trinajstić information content (AvgIpc) is 2.26. The van der Waals surface area contributed by atoms with Crippen LogP contribution in [0.3, 0.4) is 0 Å². The van der Waals surface area contributed by atoms with Crippen LogP contribution < -0.4 is 5.56 Å². The van der Waals surface area contributed by atoms with Crippen LogP contribution in [0.2, 0.25) is 0 Å². The molecular weight excluding hydrogens is 304 g/mol. The van der Waals surface area contributed by atoms with Gasteiger partial charge >= 0.3 is 0 Å². The molecule has 0 aliphatic heterocycles. The summed E-state index contributed by atoms with van der Waals surface area (Å²) >= 11 is 3.44. The van der Waals surface area contributed by atoms with Gasteiger partial charge in [0.25, 0.3) is 5.56 Å². The van der Waals surface area contributed by atoms with Crippen LogP contribution in [0, 0.1) is 5.92 Å². The van der Waals surface area contributed by atoms with Crippen molar-refractivity contribution in [2.45, 2.75) is 26.7 Å². The van der Waals surface area contributed by atoms with E-state index in [1.165, 1.54) is 0 Å². The minimum atomic E-state index is -0.0735. The lowest BCUT2D eigenvalue weighted by Gasteiger charge is -2.07. The first kappa shape index (κ1) is 14.0. The molecule has 0 bridgehead atoms. The second-order valence-corrected chi connectivity index (χ2v) is 6.00. The highest BCUT2D eigenvalue weighted by Crippen LogP contribution is 2.13. The van der Waals surface area contributed by atoms with Gasteiger partial charge in [-0.2, -0.15) is 0 Å². The maximum Gasteiger partial charge on any atom is 0.251 e. The van der Waals surface area contributed by atoms with Gasteiger partial charge < -0.3 is 4.98 Å². The van der Waals surface area contributed by atoms with Gasteiger partial charge in [0.05, 0.1) is 0 Å². The molecule has 0 saturated heterocycles. The number of H-pyrrole nitrogens is 1. The Labute approximate surface area is 121 Å². The monoisotopic (exact) mass is 320 g/mol. The van der Waals surface area contributed by atoms with Crippen LogP contribution in [0.15, 0.2) is 39.6 Å². The van der Waals surface area contributed by atoms with Crippen molar-refractivity contribution in [1.82, 2.24) is 9.97 Å². The fourth-order valence-electron chi connectivity index (χ4n) is 2.01. The van der Waals surface area contributed by atoms with Crippen LogP contribution in [0.5, 0.6) is 0 Å². The smallest absolute Gasteiger partial charge is 0.251 e. The molecule has 1 heterocycles. The number of benzene rings is 1. The van der Waals surface area contributed by atoms with Crippen molar-refractivity contribution in [3.63, 3.8) is 0 Å². The standard InChI is InChI=1S/C15H17BrN2O/c1-10(2)6-13-9-15(19)18-14(17-13)8-11-4-3-5-12(16)7-11/h3-5,7,9-10H,6,8H2,1-2H3,(H,17,18,19). The number of nitrogens with zero attached hydrogens (tertiary/aromatic N) is 1. The van der Waals surface area contributed by atoms with Crippen LogP contribution in [-0.4, -0.2) is 9.97 Å². The molecule has 0 atom stereocenters. The fourth-order valence-corrected chi connectivity index (χ4v) is 2.46. The number of rotatable bonds is 4. The van der Waals surface area contributed by atoms with Gasteiger partial charge in [-0.1, -0.05) is 41.9 Å². The molecule has 0 radical (unpaired) electrons. The van der Waals surface area contributed by atoms with Gasteiger partial charge in [0.15, 0.2) is 0 Å². The predicted octanol–water partition coefficient (Wildman–Crippen LogP) is 3.32. The zero-order chi connectivity index (χ0) is 13.8. The third-order valence-electron chi connectivity index (χ3n) is 2.72. The molecule has 100 valence electrons. The number of hydrogen-bond donors (Lipinski definition) is 1. The van der Waals surface area contributed by atoms with Gasteiger partial charge in [-0.15, -0.1) is 0 Å². The second kappa shape index (κ2) is 6.15. The van der Waals surface area contributed by atoms with Gasteiger partial charge in [0.2, 0.25) is 0 Å². The molecule has 3 nitrogen and oxygen atoms in total. The maximum absolute atomic E-state index is 11.6. The Morgan fingerprint density at radius 2 is 2.11 bits per heavy atom. The van der Waals surface area contributed by atoms with Gasteiger partial charge in [-0.3, -0.25) is 4.79 Å². The predicted molar refractivity (Wildman–Crippen MR) is 80.3 cm³/mol. The van der Waals surface area contributed by atoms with E-state index in [9.17, 15) is 4.79 Å². The average molecular weight is 321 g/mol. The van der Waals surface area contributed by atoms with Crippen molar-refractivity contribution in [2.24, 2.45) is 5.92 Å². The lowest BCUT2D eigenvalue weighted by molar-refractivity contribution is 0.630. The Hall–Kier alpha value is -1.42. The zero-order valence-electron chi connectivity index (χ0n) is 11.1. The van der Waals surface area contributed by atoms with Gasteiger partial charge in [0, 0.05) is 22.7 Å². The van der Waals surface area contributed by atoms with Crippen molar-refractivity contribution in [3.8, 4) is 0 Å². The van der Waals surface area contributed by atoms with E-state index in [-0.39, 0.29) is 5.56 Å². The molecule has 0 amide bonds. The van der Waals surface area contributed by atoms with Crippen LogP contribution in [0.25, 0.3) is 0 Å². The summed E-state index contributed by atoms with van der Waals surface area (Å²) in [5.41, 5.74) is 1.92. The van der Waals surface area contributed by atoms with E-state index in [0.717, 1.165) is 28.0 Å². The Morgan fingerprint density at radius 3 is 2.79 bits per heavy atom. The van der Waals surface area contributed by atoms with Gasteiger partial charge in [-0.05, 0) is 30.0 Å². The number of halogens is 1. The Bertz CT molecular complexity index is 620. The molecule has 0 saturated carbocycles. The third-order valence-corrected chi connectivity index (χ3v) is 3.21. The van der Waals surface area contributed by atoms with Crippen molar-refractivity contribution in [3.05, 3.63) is 62.2 Å². The Kier molecular flexibility index (Phi) is 4.53. The summed E-state index contributed by atoms with van der Waals surface area (Å²) in [5, 5.41) is 0. The van der Waals surface area contributed by atoms with Gasteiger partial charge in [-0.25, -0.2) is 4.98 Å². The molecule has 0 fully saturated rings. The van der Waals surface area contributed by atoms with E-state index in [1.54, 1.807) is 6.07 Å². The third kappa shape index (κ3) is 4.31. The summed E-state index contributed by atoms with van der Waals surface area (Å²) in [4.78, 5) is 19.0. The van der Waals surface area contributed by atoms with Crippen molar-refractivity contribution in [2.75, 3.05) is 0 Å². The molecule has 1 N–H and O–H groups in total. The molecule has 2 rings (SSSR count). The highest BCUT2D eigenvalue weighted by atomic mass is 79.9. The highest BCUT2D eigenvalue weighted by Gasteiger charge is 2.05. The number of nitrogens with one attached hydrogen (secondary N) is 1. The molecule has 19 heavy (non-hydrogen) atoms. The van der Waals surface area contributed by atoms with Crippen LogP contribution in [0.1, 0.15) is 30.9 Å². The van der Waals surface area contributed by atoms with E-state index in [4.69, 9.17) is 0 Å². The van der Waals surface area contributed by atoms with E-state index in [0.29, 0.717) is 12.3 Å². The normalized spacial score (nSPS) is 10.9. The molecule has 2 aromatic rings. The number of aromatic nitrogens is 2. The molecular formula is C15H17BrN2O. The molecule has 4 heteroatoms. The first-order valence-corrected chi connectivity index (χ1v) is 7.16. The Morgan fingerprint density at radius 1 is 1.32 bits per heavy atom. The molecule has 1 aromatic carbocycles. The van der Waals surface area contributed by atoms with Crippen molar-refractivity contribution >= 4 is 15.9 Å². The number of aromatic amines is 1. The molecule has 0 unspecified atom stereocenters. The molecule has 0 aliphatic rings. The van der Waals surface area contributed by atoms with E-state index < -0.39 is 0 Å². The summed E-state index contributed by atoms with van der Waals surface area (Å²) < 4.78 is 1.03.